The molecule has 3 nitrogen and oxygen atoms in total. The van der Waals surface area contributed by atoms with E-state index >= 15 is 0 Å². The summed E-state index contributed by atoms with van der Waals surface area (Å²) in [5.74, 6) is -0.0883. The number of carbonyl (C=O) groups excluding carboxylic acids is 1. The van der Waals surface area contributed by atoms with Crippen LogP contribution in [0, 0.1) is 12.3 Å². The number of hydrogen-bond acceptors (Lipinski definition) is 3. The van der Waals surface area contributed by atoms with Crippen LogP contribution >= 0.6 is 0 Å². The van der Waals surface area contributed by atoms with Gasteiger partial charge in [0.15, 0.2) is 0 Å². The lowest BCUT2D eigenvalue weighted by molar-refractivity contribution is -0.161. The van der Waals surface area contributed by atoms with E-state index in [1.807, 2.05) is 13.1 Å². The van der Waals surface area contributed by atoms with Gasteiger partial charge in [-0.3, -0.25) is 4.79 Å². The highest BCUT2D eigenvalue weighted by molar-refractivity contribution is 5.79. The Bertz CT molecular complexity index is 438. The second kappa shape index (κ2) is 5.11. The average Bonchev–Trinajstić information content (AvgIpc) is 2.32. The fraction of sp³-hybridized carbons (Fsp3) is 0.533. The number of benzene rings is 1. The molecule has 0 spiro atoms. The topological polar surface area (TPSA) is 38.3 Å². The van der Waals surface area contributed by atoms with Crippen molar-refractivity contribution in [3.63, 3.8) is 0 Å². The average molecular weight is 247 g/mol. The van der Waals surface area contributed by atoms with Crippen molar-refractivity contribution in [1.29, 1.82) is 0 Å². The van der Waals surface area contributed by atoms with E-state index in [0.717, 1.165) is 19.3 Å². The number of hydrogen-bond donors (Lipinski definition) is 1. The highest BCUT2D eigenvalue weighted by atomic mass is 16.5. The van der Waals surface area contributed by atoms with E-state index in [-0.39, 0.29) is 17.4 Å². The number of methoxy groups -OCH3 is 1. The van der Waals surface area contributed by atoms with Crippen LogP contribution in [0.1, 0.15) is 36.4 Å². The summed E-state index contributed by atoms with van der Waals surface area (Å²) < 4.78 is 5.01. The molecule has 0 saturated heterocycles. The lowest BCUT2D eigenvalue weighted by atomic mass is 9.62. The predicted octanol–water partition coefficient (Wildman–Crippen LogP) is 2.60. The number of aryl methyl sites for hydroxylation is 1. The minimum atomic E-state index is -0.378. The van der Waals surface area contributed by atoms with Crippen molar-refractivity contribution in [3.05, 3.63) is 35.4 Å². The third kappa shape index (κ3) is 2.03. The van der Waals surface area contributed by atoms with Gasteiger partial charge in [0.1, 0.15) is 0 Å². The zero-order valence-corrected chi connectivity index (χ0v) is 11.3. The second-order valence-corrected chi connectivity index (χ2v) is 5.14. The molecule has 1 aliphatic carbocycles. The highest BCUT2D eigenvalue weighted by Crippen LogP contribution is 2.51. The summed E-state index contributed by atoms with van der Waals surface area (Å²) in [4.78, 5) is 12.1. The summed E-state index contributed by atoms with van der Waals surface area (Å²) in [6, 6.07) is 8.38. The van der Waals surface area contributed by atoms with E-state index in [4.69, 9.17) is 4.74 Å². The molecule has 0 amide bonds. The van der Waals surface area contributed by atoms with Crippen LogP contribution in [0.15, 0.2) is 24.3 Å². The van der Waals surface area contributed by atoms with E-state index in [2.05, 4.69) is 30.4 Å². The number of ether oxygens (including phenoxy) is 1. The first kappa shape index (κ1) is 13.1. The van der Waals surface area contributed by atoms with Gasteiger partial charge in [-0.25, -0.2) is 0 Å². The number of esters is 1. The molecule has 2 rings (SSSR count). The maximum Gasteiger partial charge on any atom is 0.313 e. The van der Waals surface area contributed by atoms with E-state index in [0.29, 0.717) is 0 Å². The van der Waals surface area contributed by atoms with Crippen molar-refractivity contribution in [2.75, 3.05) is 14.2 Å². The Hall–Kier alpha value is -1.35. The Kier molecular flexibility index (Phi) is 3.71. The minimum Gasteiger partial charge on any atom is -0.469 e. The molecule has 1 saturated carbocycles. The molecule has 0 aliphatic heterocycles. The molecular weight excluding hydrogens is 226 g/mol. The standard InChI is InChI=1S/C15H21NO2/c1-11-6-4-7-12(10-11)13(16-2)15(8-5-9-15)14(17)18-3/h4,6-7,10,13,16H,5,8-9H2,1-3H3. The van der Waals surface area contributed by atoms with E-state index in [1.54, 1.807) is 0 Å². The Morgan fingerprint density at radius 3 is 2.61 bits per heavy atom. The minimum absolute atomic E-state index is 0.0404. The van der Waals surface area contributed by atoms with Crippen molar-refractivity contribution in [3.8, 4) is 0 Å². The van der Waals surface area contributed by atoms with Crippen LogP contribution < -0.4 is 5.32 Å². The van der Waals surface area contributed by atoms with Gasteiger partial charge >= 0.3 is 5.97 Å². The van der Waals surface area contributed by atoms with Crippen molar-refractivity contribution >= 4 is 5.97 Å². The monoisotopic (exact) mass is 247 g/mol. The normalized spacial score (nSPS) is 18.8. The van der Waals surface area contributed by atoms with Crippen LogP contribution in [0.2, 0.25) is 0 Å². The lowest BCUT2D eigenvalue weighted by Crippen LogP contribution is -2.48. The fourth-order valence-corrected chi connectivity index (χ4v) is 2.98. The van der Waals surface area contributed by atoms with Crippen molar-refractivity contribution < 1.29 is 9.53 Å². The van der Waals surface area contributed by atoms with E-state index in [9.17, 15) is 4.79 Å². The van der Waals surface area contributed by atoms with E-state index in [1.165, 1.54) is 18.2 Å². The molecule has 1 fully saturated rings. The van der Waals surface area contributed by atoms with Gasteiger partial charge in [-0.05, 0) is 32.4 Å². The molecule has 98 valence electrons. The molecule has 1 N–H and O–H groups in total. The molecule has 0 aromatic heterocycles. The Morgan fingerprint density at radius 1 is 1.44 bits per heavy atom. The number of rotatable bonds is 4. The summed E-state index contributed by atoms with van der Waals surface area (Å²) >= 11 is 0. The van der Waals surface area contributed by atoms with Crippen molar-refractivity contribution in [2.24, 2.45) is 5.41 Å². The number of carbonyl (C=O) groups is 1. The quantitative estimate of drug-likeness (QED) is 0.831. The predicted molar refractivity (Wildman–Crippen MR) is 71.3 cm³/mol. The van der Waals surface area contributed by atoms with Crippen LogP contribution in [0.4, 0.5) is 0 Å². The van der Waals surface area contributed by atoms with Gasteiger partial charge in [0, 0.05) is 6.04 Å². The van der Waals surface area contributed by atoms with Crippen molar-refractivity contribution in [1.82, 2.24) is 5.32 Å². The van der Waals surface area contributed by atoms with Gasteiger partial charge < -0.3 is 10.1 Å². The maximum absolute atomic E-state index is 12.1. The molecule has 1 aromatic carbocycles. The van der Waals surface area contributed by atoms with Gasteiger partial charge in [0.2, 0.25) is 0 Å². The van der Waals surface area contributed by atoms with Gasteiger partial charge in [-0.15, -0.1) is 0 Å². The third-order valence-electron chi connectivity index (χ3n) is 4.05. The molecular formula is C15H21NO2. The number of nitrogens with one attached hydrogen (secondary N) is 1. The molecule has 0 bridgehead atoms. The third-order valence-corrected chi connectivity index (χ3v) is 4.05. The lowest BCUT2D eigenvalue weighted by Gasteiger charge is -2.45. The summed E-state index contributed by atoms with van der Waals surface area (Å²) in [7, 11) is 3.39. The van der Waals surface area contributed by atoms with Crippen molar-refractivity contribution in [2.45, 2.75) is 32.2 Å². The van der Waals surface area contributed by atoms with Gasteiger partial charge in [-0.2, -0.15) is 0 Å². The van der Waals surface area contributed by atoms with E-state index < -0.39 is 0 Å². The Balaban J connectivity index is 2.35. The molecule has 1 atom stereocenters. The molecule has 1 aromatic rings. The zero-order chi connectivity index (χ0) is 13.2. The van der Waals surface area contributed by atoms with Crippen LogP contribution in [-0.4, -0.2) is 20.1 Å². The Morgan fingerprint density at radius 2 is 2.17 bits per heavy atom. The zero-order valence-electron chi connectivity index (χ0n) is 11.3. The van der Waals surface area contributed by atoms with Crippen LogP contribution in [0.25, 0.3) is 0 Å². The first-order valence-electron chi connectivity index (χ1n) is 6.46. The van der Waals surface area contributed by atoms with Gasteiger partial charge in [-0.1, -0.05) is 36.2 Å². The molecule has 3 heteroatoms. The first-order valence-corrected chi connectivity index (χ1v) is 6.46. The molecule has 0 radical (unpaired) electrons. The Labute approximate surface area is 109 Å². The van der Waals surface area contributed by atoms with Crippen LogP contribution in [0.5, 0.6) is 0 Å². The summed E-state index contributed by atoms with van der Waals surface area (Å²) in [5.41, 5.74) is 2.01. The SMILES string of the molecule is CNC(c1cccc(C)c1)C1(C(=O)OC)CCC1. The van der Waals surface area contributed by atoms with Gasteiger partial charge in [0.05, 0.1) is 12.5 Å². The van der Waals surface area contributed by atoms with Crippen LogP contribution in [-0.2, 0) is 9.53 Å². The molecule has 18 heavy (non-hydrogen) atoms. The molecule has 1 unspecified atom stereocenters. The molecule has 1 aliphatic rings. The van der Waals surface area contributed by atoms with Gasteiger partial charge in [0.25, 0.3) is 0 Å². The first-order chi connectivity index (χ1) is 8.64. The summed E-state index contributed by atoms with van der Waals surface area (Å²) in [5, 5.41) is 3.30. The summed E-state index contributed by atoms with van der Waals surface area (Å²) in [6.07, 6.45) is 2.90. The largest absolute Gasteiger partial charge is 0.469 e. The maximum atomic E-state index is 12.1. The fourth-order valence-electron chi connectivity index (χ4n) is 2.98. The molecule has 0 heterocycles. The summed E-state index contributed by atoms with van der Waals surface area (Å²) in [6.45, 7) is 2.07. The van der Waals surface area contributed by atoms with Crippen LogP contribution in [0.3, 0.4) is 0 Å². The second-order valence-electron chi connectivity index (χ2n) is 5.14. The highest BCUT2D eigenvalue weighted by Gasteiger charge is 2.51. The smallest absolute Gasteiger partial charge is 0.313 e.